The van der Waals surface area contributed by atoms with E-state index in [-0.39, 0.29) is 35.6 Å². The molecule has 0 aromatic heterocycles. The van der Waals surface area contributed by atoms with Gasteiger partial charge in [0.1, 0.15) is 0 Å². The fourth-order valence-corrected chi connectivity index (χ4v) is 4.92. The van der Waals surface area contributed by atoms with E-state index >= 15 is 0 Å². The van der Waals surface area contributed by atoms with Gasteiger partial charge in [0.2, 0.25) is 21.8 Å². The van der Waals surface area contributed by atoms with Gasteiger partial charge in [-0.1, -0.05) is 6.92 Å². The van der Waals surface area contributed by atoms with E-state index in [0.29, 0.717) is 45.7 Å². The number of nitrogens with one attached hydrogen (secondary N) is 1. The minimum atomic E-state index is -3.58. The number of anilines is 1. The van der Waals surface area contributed by atoms with E-state index in [2.05, 4.69) is 4.72 Å². The molecule has 0 spiro atoms. The molecule has 3 rings (SSSR count). The molecule has 1 fully saturated rings. The van der Waals surface area contributed by atoms with E-state index in [1.54, 1.807) is 21.9 Å². The molecule has 1 N–H and O–H groups in total. The van der Waals surface area contributed by atoms with E-state index in [9.17, 15) is 18.0 Å². The summed E-state index contributed by atoms with van der Waals surface area (Å²) in [6.45, 7) is 6.46. The topological polar surface area (TPSA) is 96.0 Å². The zero-order valence-electron chi connectivity index (χ0n) is 17.0. The number of hydrogen-bond donors (Lipinski definition) is 1. The Morgan fingerprint density at radius 1 is 1.14 bits per heavy atom. The lowest BCUT2D eigenvalue weighted by molar-refractivity contribution is -0.136. The highest BCUT2D eigenvalue weighted by atomic mass is 32.2. The van der Waals surface area contributed by atoms with Gasteiger partial charge < -0.3 is 14.5 Å². The summed E-state index contributed by atoms with van der Waals surface area (Å²) in [6.07, 6.45) is 1.63. The number of nitrogens with zero attached hydrogens (tertiary/aromatic N) is 2. The molecule has 0 aliphatic carbocycles. The van der Waals surface area contributed by atoms with Crippen LogP contribution in [0.25, 0.3) is 0 Å². The first-order chi connectivity index (χ1) is 13.8. The largest absolute Gasteiger partial charge is 0.378 e. The van der Waals surface area contributed by atoms with Crippen LogP contribution in [-0.4, -0.2) is 64.0 Å². The molecule has 1 saturated heterocycles. The first-order valence-corrected chi connectivity index (χ1v) is 11.6. The van der Waals surface area contributed by atoms with Crippen LogP contribution in [0.5, 0.6) is 0 Å². The lowest BCUT2D eigenvalue weighted by Gasteiger charge is -2.27. The van der Waals surface area contributed by atoms with Crippen LogP contribution in [0.1, 0.15) is 38.7 Å². The van der Waals surface area contributed by atoms with Crippen molar-refractivity contribution in [3.05, 3.63) is 23.8 Å². The highest BCUT2D eigenvalue weighted by Crippen LogP contribution is 2.31. The van der Waals surface area contributed by atoms with Gasteiger partial charge in [-0.3, -0.25) is 9.59 Å². The van der Waals surface area contributed by atoms with Gasteiger partial charge in [-0.05, 0) is 43.5 Å². The zero-order valence-corrected chi connectivity index (χ0v) is 17.8. The second-order valence-electron chi connectivity index (χ2n) is 7.51. The average molecular weight is 424 g/mol. The van der Waals surface area contributed by atoms with E-state index in [1.165, 1.54) is 6.07 Å². The fourth-order valence-electron chi connectivity index (χ4n) is 3.54. The van der Waals surface area contributed by atoms with Crippen molar-refractivity contribution in [1.82, 2.24) is 9.62 Å². The normalized spacial score (nSPS) is 17.9. The molecule has 29 heavy (non-hydrogen) atoms. The predicted octanol–water partition coefficient (Wildman–Crippen LogP) is 1.29. The number of ether oxygens (including phenoxy) is 1. The van der Waals surface area contributed by atoms with Crippen molar-refractivity contribution in [3.63, 3.8) is 0 Å². The molecule has 2 amide bonds. The third kappa shape index (κ3) is 5.15. The number of morpholine rings is 1. The third-order valence-corrected chi connectivity index (χ3v) is 7.03. The predicted molar refractivity (Wildman–Crippen MR) is 109 cm³/mol. The molecule has 0 bridgehead atoms. The second-order valence-corrected chi connectivity index (χ2v) is 9.22. The van der Waals surface area contributed by atoms with Gasteiger partial charge in [0.15, 0.2) is 0 Å². The van der Waals surface area contributed by atoms with E-state index in [4.69, 9.17) is 4.74 Å². The van der Waals surface area contributed by atoms with Crippen molar-refractivity contribution in [1.29, 1.82) is 0 Å². The molecule has 8 nitrogen and oxygen atoms in total. The number of hydrogen-bond acceptors (Lipinski definition) is 5. The highest BCUT2D eigenvalue weighted by Gasteiger charge is 2.28. The summed E-state index contributed by atoms with van der Waals surface area (Å²) in [6, 6.07) is 4.73. The average Bonchev–Trinajstić information content (AvgIpc) is 3.15. The molecule has 2 heterocycles. The smallest absolute Gasteiger partial charge is 0.240 e. The van der Waals surface area contributed by atoms with Crippen LogP contribution in [0.15, 0.2) is 23.1 Å². The highest BCUT2D eigenvalue weighted by molar-refractivity contribution is 7.89. The molecule has 1 aromatic rings. The molecule has 0 saturated carbocycles. The lowest BCUT2D eigenvalue weighted by atomic mass is 10.2. The molecular weight excluding hydrogens is 394 g/mol. The Bertz CT molecular complexity index is 865. The third-order valence-electron chi connectivity index (χ3n) is 5.44. The van der Waals surface area contributed by atoms with Crippen LogP contribution in [0.4, 0.5) is 5.69 Å². The maximum Gasteiger partial charge on any atom is 0.240 e. The summed E-state index contributed by atoms with van der Waals surface area (Å²) in [5.74, 6) is -0.141. The van der Waals surface area contributed by atoms with Crippen LogP contribution < -0.4 is 9.62 Å². The first-order valence-electron chi connectivity index (χ1n) is 10.1. The van der Waals surface area contributed by atoms with Gasteiger partial charge in [0, 0.05) is 44.2 Å². The van der Waals surface area contributed by atoms with E-state index in [0.717, 1.165) is 11.3 Å². The Balaban J connectivity index is 1.63. The summed E-state index contributed by atoms with van der Waals surface area (Å²) in [7, 11) is -3.58. The molecule has 2 aliphatic rings. The van der Waals surface area contributed by atoms with Crippen LogP contribution in [0, 0.1) is 0 Å². The minimum absolute atomic E-state index is 0.0290. The molecule has 0 unspecified atom stereocenters. The van der Waals surface area contributed by atoms with Crippen LogP contribution >= 0.6 is 0 Å². The second kappa shape index (κ2) is 9.23. The van der Waals surface area contributed by atoms with Crippen molar-refractivity contribution in [2.24, 2.45) is 0 Å². The van der Waals surface area contributed by atoms with E-state index in [1.807, 2.05) is 13.8 Å². The molecule has 2 aliphatic heterocycles. The minimum Gasteiger partial charge on any atom is -0.378 e. The van der Waals surface area contributed by atoms with Gasteiger partial charge in [-0.2, -0.15) is 0 Å². The number of benzene rings is 1. The van der Waals surface area contributed by atoms with E-state index < -0.39 is 10.0 Å². The number of sulfonamides is 1. The number of rotatable bonds is 7. The summed E-state index contributed by atoms with van der Waals surface area (Å²) < 4.78 is 32.9. The van der Waals surface area contributed by atoms with Gasteiger partial charge in [0.25, 0.3) is 0 Å². The Hall–Kier alpha value is -1.97. The van der Waals surface area contributed by atoms with Crippen LogP contribution in [-0.2, 0) is 30.8 Å². The summed E-state index contributed by atoms with van der Waals surface area (Å²) >= 11 is 0. The maximum absolute atomic E-state index is 12.7. The standard InChI is InChI=1S/C20H29N3O5S/c1-3-15(2)21-29(26,27)17-4-5-18-16(14-17)8-9-23(18)20(25)7-6-19(24)22-10-12-28-13-11-22/h4-5,14-15,21H,3,6-13H2,1-2H3/t15-/m0/s1. The summed E-state index contributed by atoms with van der Waals surface area (Å²) in [5, 5.41) is 0. The van der Waals surface area contributed by atoms with Crippen molar-refractivity contribution in [2.45, 2.75) is 50.5 Å². The van der Waals surface area contributed by atoms with Gasteiger partial charge in [-0.15, -0.1) is 0 Å². The molecular formula is C20H29N3O5S. The van der Waals surface area contributed by atoms with Crippen molar-refractivity contribution in [2.75, 3.05) is 37.7 Å². The van der Waals surface area contributed by atoms with Gasteiger partial charge >= 0.3 is 0 Å². The van der Waals surface area contributed by atoms with Gasteiger partial charge in [-0.25, -0.2) is 13.1 Å². The van der Waals surface area contributed by atoms with Gasteiger partial charge in [0.05, 0.1) is 18.1 Å². The SMILES string of the molecule is CC[C@H](C)NS(=O)(=O)c1ccc2c(c1)CCN2C(=O)CCC(=O)N1CCOCC1. The number of carbonyl (C=O) groups excluding carboxylic acids is 2. The Morgan fingerprint density at radius 3 is 2.52 bits per heavy atom. The van der Waals surface area contributed by atoms with Crippen LogP contribution in [0.2, 0.25) is 0 Å². The lowest BCUT2D eigenvalue weighted by Crippen LogP contribution is -2.41. The Kier molecular flexibility index (Phi) is 6.92. The molecule has 1 atom stereocenters. The maximum atomic E-state index is 12.7. The fraction of sp³-hybridized carbons (Fsp3) is 0.600. The Morgan fingerprint density at radius 2 is 1.83 bits per heavy atom. The zero-order chi connectivity index (χ0) is 21.0. The molecule has 0 radical (unpaired) electrons. The molecule has 160 valence electrons. The quantitative estimate of drug-likeness (QED) is 0.713. The number of fused-ring (bicyclic) bond motifs is 1. The monoisotopic (exact) mass is 423 g/mol. The number of amides is 2. The molecule has 1 aromatic carbocycles. The van der Waals surface area contributed by atoms with Crippen LogP contribution in [0.3, 0.4) is 0 Å². The van der Waals surface area contributed by atoms with Crippen molar-refractivity contribution < 1.29 is 22.7 Å². The summed E-state index contributed by atoms with van der Waals surface area (Å²) in [5.41, 5.74) is 1.57. The first kappa shape index (κ1) is 21.7. The molecule has 9 heteroatoms. The van der Waals surface area contributed by atoms with Crippen molar-refractivity contribution in [3.8, 4) is 0 Å². The summed E-state index contributed by atoms with van der Waals surface area (Å²) in [4.78, 5) is 28.5. The van der Waals surface area contributed by atoms with Crippen molar-refractivity contribution >= 4 is 27.5 Å². The number of carbonyl (C=O) groups is 2. The Labute approximate surface area is 172 Å².